The van der Waals surface area contributed by atoms with E-state index in [0.717, 1.165) is 12.0 Å². The Morgan fingerprint density at radius 2 is 2.33 bits per heavy atom. The first-order chi connectivity index (χ1) is 7.13. The minimum absolute atomic E-state index is 0.0168. The fourth-order valence-electron chi connectivity index (χ4n) is 1.82. The molecule has 1 fully saturated rings. The molecule has 1 saturated carbocycles. The van der Waals surface area contributed by atoms with Crippen molar-refractivity contribution in [1.29, 1.82) is 0 Å². The number of nitro benzene ring substituents is 1. The Balaban J connectivity index is 2.28. The lowest BCUT2D eigenvalue weighted by Crippen LogP contribution is -2.02. The first-order valence-electron chi connectivity index (χ1n) is 4.77. The number of rotatable bonds is 3. The third-order valence-electron chi connectivity index (χ3n) is 2.82. The summed E-state index contributed by atoms with van der Waals surface area (Å²) in [7, 11) is 0. The van der Waals surface area contributed by atoms with Crippen molar-refractivity contribution in [1.82, 2.24) is 0 Å². The molecule has 0 unspecified atom stereocenters. The number of benzene rings is 1. The predicted octanol–water partition coefficient (Wildman–Crippen LogP) is 2.31. The second-order valence-corrected chi connectivity index (χ2v) is 4.21. The van der Waals surface area contributed by atoms with Crippen molar-refractivity contribution in [3.05, 3.63) is 38.9 Å². The molecule has 0 spiro atoms. The van der Waals surface area contributed by atoms with E-state index in [-0.39, 0.29) is 10.7 Å². The summed E-state index contributed by atoms with van der Waals surface area (Å²) in [6.07, 6.45) is 1.02. The Kier molecular flexibility index (Phi) is 2.63. The molecule has 4 nitrogen and oxygen atoms in total. The summed E-state index contributed by atoms with van der Waals surface area (Å²) in [5.41, 5.74) is 6.49. The van der Waals surface area contributed by atoms with Crippen LogP contribution in [0, 0.1) is 16.0 Å². The molecule has 0 bridgehead atoms. The third-order valence-corrected chi connectivity index (χ3v) is 3.14. The molecule has 15 heavy (non-hydrogen) atoms. The molecular formula is C10H11ClN2O2. The predicted molar refractivity (Wildman–Crippen MR) is 58.0 cm³/mol. The van der Waals surface area contributed by atoms with E-state index in [1.165, 1.54) is 0 Å². The summed E-state index contributed by atoms with van der Waals surface area (Å²) < 4.78 is 0. The zero-order valence-corrected chi connectivity index (χ0v) is 8.78. The van der Waals surface area contributed by atoms with Crippen LogP contribution in [0.25, 0.3) is 0 Å². The first-order valence-corrected chi connectivity index (χ1v) is 5.15. The molecule has 0 heterocycles. The lowest BCUT2D eigenvalue weighted by atomic mass is 10.1. The largest absolute Gasteiger partial charge is 0.330 e. The van der Waals surface area contributed by atoms with Crippen LogP contribution >= 0.6 is 11.6 Å². The minimum Gasteiger partial charge on any atom is -0.330 e. The first kappa shape index (κ1) is 10.4. The van der Waals surface area contributed by atoms with Gasteiger partial charge in [0.1, 0.15) is 5.02 Å². The molecule has 0 radical (unpaired) electrons. The standard InChI is InChI=1S/C10H11ClN2O2/c11-9-2-1-6(4-10(9)13(14)15)8-3-7(8)5-12/h1-2,4,7-8H,3,5,12H2/t7-,8-/m0/s1. The monoisotopic (exact) mass is 226 g/mol. The zero-order chi connectivity index (χ0) is 11.0. The van der Waals surface area contributed by atoms with Gasteiger partial charge in [-0.3, -0.25) is 10.1 Å². The maximum absolute atomic E-state index is 10.7. The van der Waals surface area contributed by atoms with Crippen molar-refractivity contribution in [3.63, 3.8) is 0 Å². The van der Waals surface area contributed by atoms with Crippen LogP contribution in [-0.4, -0.2) is 11.5 Å². The van der Waals surface area contributed by atoms with Crippen LogP contribution in [0.4, 0.5) is 5.69 Å². The highest BCUT2D eigenvalue weighted by Crippen LogP contribution is 2.47. The fraction of sp³-hybridized carbons (Fsp3) is 0.400. The van der Waals surface area contributed by atoms with Crippen molar-refractivity contribution in [3.8, 4) is 0 Å². The quantitative estimate of drug-likeness (QED) is 0.635. The van der Waals surface area contributed by atoms with Crippen molar-refractivity contribution >= 4 is 17.3 Å². The summed E-state index contributed by atoms with van der Waals surface area (Å²) >= 11 is 5.72. The molecule has 1 aromatic rings. The molecule has 0 amide bonds. The van der Waals surface area contributed by atoms with Gasteiger partial charge >= 0.3 is 0 Å². The SMILES string of the molecule is NC[C@@H]1C[C@H]1c1ccc(Cl)c([N+](=O)[O-])c1. The zero-order valence-electron chi connectivity index (χ0n) is 8.02. The Bertz CT molecular complexity index is 408. The van der Waals surface area contributed by atoms with Crippen molar-refractivity contribution in [2.24, 2.45) is 11.7 Å². The van der Waals surface area contributed by atoms with Crippen molar-refractivity contribution < 1.29 is 4.92 Å². The van der Waals surface area contributed by atoms with E-state index < -0.39 is 4.92 Å². The molecule has 2 atom stereocenters. The molecule has 1 aliphatic rings. The maximum Gasteiger partial charge on any atom is 0.288 e. The van der Waals surface area contributed by atoms with Crippen LogP contribution in [0.2, 0.25) is 5.02 Å². The normalized spacial score (nSPS) is 23.9. The number of nitrogens with two attached hydrogens (primary N) is 1. The topological polar surface area (TPSA) is 69.2 Å². The van der Waals surface area contributed by atoms with Gasteiger partial charge in [-0.2, -0.15) is 0 Å². The van der Waals surface area contributed by atoms with Gasteiger partial charge in [-0.05, 0) is 36.4 Å². The van der Waals surface area contributed by atoms with E-state index in [1.807, 2.05) is 6.07 Å². The number of nitrogens with zero attached hydrogens (tertiary/aromatic N) is 1. The van der Waals surface area contributed by atoms with Crippen LogP contribution in [0.5, 0.6) is 0 Å². The van der Waals surface area contributed by atoms with Gasteiger partial charge in [-0.1, -0.05) is 17.7 Å². The van der Waals surface area contributed by atoms with Crippen LogP contribution < -0.4 is 5.73 Å². The van der Waals surface area contributed by atoms with Crippen LogP contribution in [0.1, 0.15) is 17.9 Å². The van der Waals surface area contributed by atoms with Crippen LogP contribution in [0.3, 0.4) is 0 Å². The number of hydrogen-bond acceptors (Lipinski definition) is 3. The van der Waals surface area contributed by atoms with E-state index in [0.29, 0.717) is 18.4 Å². The van der Waals surface area contributed by atoms with Gasteiger partial charge in [0, 0.05) is 6.07 Å². The van der Waals surface area contributed by atoms with Crippen molar-refractivity contribution in [2.45, 2.75) is 12.3 Å². The summed E-state index contributed by atoms with van der Waals surface area (Å²) in [6, 6.07) is 4.99. The van der Waals surface area contributed by atoms with Crippen LogP contribution in [0.15, 0.2) is 18.2 Å². The highest BCUT2D eigenvalue weighted by molar-refractivity contribution is 6.32. The number of halogens is 1. The molecule has 0 aliphatic heterocycles. The highest BCUT2D eigenvalue weighted by atomic mass is 35.5. The second kappa shape index (κ2) is 3.79. The summed E-state index contributed by atoms with van der Waals surface area (Å²) in [6.45, 7) is 0.640. The fourth-order valence-corrected chi connectivity index (χ4v) is 2.00. The van der Waals surface area contributed by atoms with E-state index in [1.54, 1.807) is 12.1 Å². The third kappa shape index (κ3) is 1.96. The van der Waals surface area contributed by atoms with Crippen molar-refractivity contribution in [2.75, 3.05) is 6.54 Å². The minimum atomic E-state index is -0.453. The Morgan fingerprint density at radius 1 is 1.60 bits per heavy atom. The Labute approximate surface area is 92.2 Å². The number of nitro groups is 1. The molecule has 80 valence electrons. The van der Waals surface area contributed by atoms with Gasteiger partial charge in [0.2, 0.25) is 0 Å². The lowest BCUT2D eigenvalue weighted by Gasteiger charge is -2.00. The highest BCUT2D eigenvalue weighted by Gasteiger charge is 2.37. The van der Waals surface area contributed by atoms with Gasteiger partial charge in [0.25, 0.3) is 5.69 Å². The Morgan fingerprint density at radius 3 is 2.87 bits per heavy atom. The van der Waals surface area contributed by atoms with Gasteiger partial charge < -0.3 is 5.73 Å². The summed E-state index contributed by atoms with van der Waals surface area (Å²) in [5, 5.41) is 10.9. The van der Waals surface area contributed by atoms with Gasteiger partial charge in [-0.25, -0.2) is 0 Å². The lowest BCUT2D eigenvalue weighted by molar-refractivity contribution is -0.384. The number of hydrogen-bond donors (Lipinski definition) is 1. The van der Waals surface area contributed by atoms with Gasteiger partial charge in [0.05, 0.1) is 4.92 Å². The molecule has 5 heteroatoms. The molecular weight excluding hydrogens is 216 g/mol. The van der Waals surface area contributed by atoms with Gasteiger partial charge in [0.15, 0.2) is 0 Å². The van der Waals surface area contributed by atoms with E-state index in [2.05, 4.69) is 0 Å². The van der Waals surface area contributed by atoms with Crippen LogP contribution in [-0.2, 0) is 0 Å². The smallest absolute Gasteiger partial charge is 0.288 e. The van der Waals surface area contributed by atoms with Gasteiger partial charge in [-0.15, -0.1) is 0 Å². The van der Waals surface area contributed by atoms with E-state index in [4.69, 9.17) is 17.3 Å². The molecule has 0 saturated heterocycles. The Hall–Kier alpha value is -1.13. The average molecular weight is 227 g/mol. The van der Waals surface area contributed by atoms with E-state index in [9.17, 15) is 10.1 Å². The second-order valence-electron chi connectivity index (χ2n) is 3.81. The molecule has 2 rings (SSSR count). The molecule has 2 N–H and O–H groups in total. The molecule has 0 aromatic heterocycles. The average Bonchev–Trinajstić information content (AvgIpc) is 2.97. The van der Waals surface area contributed by atoms with E-state index >= 15 is 0 Å². The molecule has 1 aromatic carbocycles. The maximum atomic E-state index is 10.7. The molecule has 1 aliphatic carbocycles. The summed E-state index contributed by atoms with van der Waals surface area (Å²) in [5.74, 6) is 0.858. The summed E-state index contributed by atoms with van der Waals surface area (Å²) in [4.78, 5) is 10.2.